The minimum Gasteiger partial charge on any atom is -0.361 e. The monoisotopic (exact) mass is 222 g/mol. The lowest BCUT2D eigenvalue weighted by Gasteiger charge is -2.25. The van der Waals surface area contributed by atoms with E-state index < -0.39 is 0 Å². The fourth-order valence-electron chi connectivity index (χ4n) is 1.61. The van der Waals surface area contributed by atoms with Crippen molar-refractivity contribution in [3.63, 3.8) is 0 Å². The lowest BCUT2D eigenvalue weighted by Crippen LogP contribution is -2.49. The van der Waals surface area contributed by atoms with Gasteiger partial charge in [0, 0.05) is 11.5 Å². The maximum absolute atomic E-state index is 11.7. The zero-order valence-corrected chi connectivity index (χ0v) is 10.0. The molecule has 0 amide bonds. The zero-order chi connectivity index (χ0) is 11.8. The Morgan fingerprint density at radius 3 is 2.75 bits per heavy atom. The van der Waals surface area contributed by atoms with Gasteiger partial charge in [-0.25, -0.2) is 0 Å². The zero-order valence-electron chi connectivity index (χ0n) is 10.0. The van der Waals surface area contributed by atoms with Crippen LogP contribution in [0, 0.1) is 0 Å². The standard InChI is InChI=1S/C12H18N2O2/c1-12(2,3)11-7-8(16-14-11)6-10(15)9-4-5-13-9/h7,9,13H,4-6H2,1-3H3/t9-/m0/s1. The van der Waals surface area contributed by atoms with Crippen molar-refractivity contribution in [1.29, 1.82) is 0 Å². The van der Waals surface area contributed by atoms with Crippen LogP contribution in [0.15, 0.2) is 10.6 Å². The van der Waals surface area contributed by atoms with Crippen molar-refractivity contribution >= 4 is 5.78 Å². The third-order valence-corrected chi connectivity index (χ3v) is 2.89. The van der Waals surface area contributed by atoms with Crippen LogP contribution < -0.4 is 5.32 Å². The van der Waals surface area contributed by atoms with E-state index >= 15 is 0 Å². The van der Waals surface area contributed by atoms with E-state index in [0.717, 1.165) is 18.7 Å². The molecule has 4 nitrogen and oxygen atoms in total. The van der Waals surface area contributed by atoms with E-state index in [1.54, 1.807) is 0 Å². The molecule has 1 aromatic rings. The number of hydrogen-bond acceptors (Lipinski definition) is 4. The highest BCUT2D eigenvalue weighted by Crippen LogP contribution is 2.22. The number of aromatic nitrogens is 1. The topological polar surface area (TPSA) is 55.1 Å². The molecule has 1 fully saturated rings. The van der Waals surface area contributed by atoms with Gasteiger partial charge in [0.2, 0.25) is 0 Å². The average Bonchev–Trinajstić information content (AvgIpc) is 2.47. The molecule has 1 aliphatic rings. The Morgan fingerprint density at radius 2 is 2.31 bits per heavy atom. The van der Waals surface area contributed by atoms with Crippen molar-refractivity contribution < 1.29 is 9.32 Å². The van der Waals surface area contributed by atoms with Crippen LogP contribution in [-0.4, -0.2) is 23.5 Å². The summed E-state index contributed by atoms with van der Waals surface area (Å²) < 4.78 is 5.18. The first-order valence-electron chi connectivity index (χ1n) is 5.69. The van der Waals surface area contributed by atoms with Crippen LogP contribution in [0.4, 0.5) is 0 Å². The molecule has 1 N–H and O–H groups in total. The van der Waals surface area contributed by atoms with Gasteiger partial charge in [0.05, 0.1) is 18.2 Å². The van der Waals surface area contributed by atoms with Gasteiger partial charge in [-0.15, -0.1) is 0 Å². The van der Waals surface area contributed by atoms with Crippen molar-refractivity contribution in [3.05, 3.63) is 17.5 Å². The Kier molecular flexibility index (Phi) is 2.84. The highest BCUT2D eigenvalue weighted by molar-refractivity contribution is 5.86. The van der Waals surface area contributed by atoms with Crippen molar-refractivity contribution in [3.8, 4) is 0 Å². The van der Waals surface area contributed by atoms with Gasteiger partial charge >= 0.3 is 0 Å². The van der Waals surface area contributed by atoms with E-state index in [2.05, 4.69) is 31.2 Å². The first-order chi connectivity index (χ1) is 7.47. The predicted molar refractivity (Wildman–Crippen MR) is 60.3 cm³/mol. The highest BCUT2D eigenvalue weighted by atomic mass is 16.5. The van der Waals surface area contributed by atoms with Crippen LogP contribution in [0.3, 0.4) is 0 Å². The smallest absolute Gasteiger partial charge is 0.157 e. The maximum atomic E-state index is 11.7. The molecule has 0 saturated carbocycles. The van der Waals surface area contributed by atoms with Crippen LogP contribution in [0.1, 0.15) is 38.6 Å². The normalized spacial score (nSPS) is 20.6. The van der Waals surface area contributed by atoms with E-state index in [0.29, 0.717) is 12.2 Å². The molecule has 1 aliphatic heterocycles. The molecule has 0 radical (unpaired) electrons. The molecular weight excluding hydrogens is 204 g/mol. The molecule has 0 unspecified atom stereocenters. The summed E-state index contributed by atoms with van der Waals surface area (Å²) in [5, 5.41) is 7.09. The molecule has 0 aliphatic carbocycles. The molecule has 1 aromatic heterocycles. The number of carbonyl (C=O) groups excluding carboxylic acids is 1. The SMILES string of the molecule is CC(C)(C)c1cc(CC(=O)[C@@H]2CCN2)on1. The summed E-state index contributed by atoms with van der Waals surface area (Å²) in [7, 11) is 0. The van der Waals surface area contributed by atoms with Crippen molar-refractivity contribution in [2.75, 3.05) is 6.54 Å². The van der Waals surface area contributed by atoms with Crippen LogP contribution in [0.2, 0.25) is 0 Å². The summed E-state index contributed by atoms with van der Waals surface area (Å²) in [4.78, 5) is 11.7. The molecule has 1 saturated heterocycles. The first kappa shape index (κ1) is 11.3. The molecule has 0 aromatic carbocycles. The second kappa shape index (κ2) is 4.01. The van der Waals surface area contributed by atoms with Crippen molar-refractivity contribution in [2.24, 2.45) is 0 Å². The molecule has 0 spiro atoms. The van der Waals surface area contributed by atoms with E-state index in [1.165, 1.54) is 0 Å². The number of Topliss-reactive ketones (excluding diaryl/α,β-unsaturated/α-hetero) is 1. The van der Waals surface area contributed by atoms with E-state index in [-0.39, 0.29) is 17.2 Å². The van der Waals surface area contributed by atoms with Gasteiger partial charge in [-0.05, 0) is 13.0 Å². The quantitative estimate of drug-likeness (QED) is 0.841. The molecule has 1 atom stereocenters. The summed E-state index contributed by atoms with van der Waals surface area (Å²) in [6, 6.07) is 1.92. The lowest BCUT2D eigenvalue weighted by atomic mass is 9.91. The second-order valence-electron chi connectivity index (χ2n) is 5.37. The summed E-state index contributed by atoms with van der Waals surface area (Å²) in [6.07, 6.45) is 1.29. The molecule has 0 bridgehead atoms. The Morgan fingerprint density at radius 1 is 1.62 bits per heavy atom. The largest absolute Gasteiger partial charge is 0.361 e. The number of hydrogen-bond donors (Lipinski definition) is 1. The van der Waals surface area contributed by atoms with Crippen LogP contribution >= 0.6 is 0 Å². The van der Waals surface area contributed by atoms with Gasteiger partial charge in [-0.3, -0.25) is 4.79 Å². The number of nitrogens with zero attached hydrogens (tertiary/aromatic N) is 1. The number of ketones is 1. The summed E-state index contributed by atoms with van der Waals surface area (Å²) in [5.74, 6) is 0.867. The minimum absolute atomic E-state index is 0.0283. The summed E-state index contributed by atoms with van der Waals surface area (Å²) in [5.41, 5.74) is 0.872. The molecular formula is C12H18N2O2. The van der Waals surface area contributed by atoms with E-state index in [9.17, 15) is 4.79 Å². The van der Waals surface area contributed by atoms with Crippen LogP contribution in [-0.2, 0) is 16.6 Å². The van der Waals surface area contributed by atoms with E-state index in [4.69, 9.17) is 4.52 Å². The Balaban J connectivity index is 1.99. The van der Waals surface area contributed by atoms with Crippen molar-refractivity contribution in [2.45, 2.75) is 45.1 Å². The highest BCUT2D eigenvalue weighted by Gasteiger charge is 2.26. The Hall–Kier alpha value is -1.16. The van der Waals surface area contributed by atoms with Gasteiger partial charge in [0.25, 0.3) is 0 Å². The van der Waals surface area contributed by atoms with Gasteiger partial charge in [-0.2, -0.15) is 0 Å². The van der Waals surface area contributed by atoms with Crippen LogP contribution in [0.5, 0.6) is 0 Å². The number of carbonyl (C=O) groups is 1. The van der Waals surface area contributed by atoms with Gasteiger partial charge < -0.3 is 9.84 Å². The summed E-state index contributed by atoms with van der Waals surface area (Å²) >= 11 is 0. The third-order valence-electron chi connectivity index (χ3n) is 2.89. The van der Waals surface area contributed by atoms with Gasteiger partial charge in [-0.1, -0.05) is 25.9 Å². The minimum atomic E-state index is -0.0283. The third kappa shape index (κ3) is 2.32. The molecule has 16 heavy (non-hydrogen) atoms. The molecule has 88 valence electrons. The van der Waals surface area contributed by atoms with Gasteiger partial charge in [0.15, 0.2) is 5.78 Å². The number of nitrogens with one attached hydrogen (secondary N) is 1. The number of rotatable bonds is 3. The summed E-state index contributed by atoms with van der Waals surface area (Å²) in [6.45, 7) is 7.16. The molecule has 2 heterocycles. The van der Waals surface area contributed by atoms with E-state index in [1.807, 2.05) is 6.07 Å². The first-order valence-corrected chi connectivity index (χ1v) is 5.69. The maximum Gasteiger partial charge on any atom is 0.157 e. The molecule has 2 rings (SSSR count). The predicted octanol–water partition coefficient (Wildman–Crippen LogP) is 1.45. The van der Waals surface area contributed by atoms with Crippen LogP contribution in [0.25, 0.3) is 0 Å². The van der Waals surface area contributed by atoms with Crippen molar-refractivity contribution in [1.82, 2.24) is 10.5 Å². The second-order valence-corrected chi connectivity index (χ2v) is 5.37. The lowest BCUT2D eigenvalue weighted by molar-refractivity contribution is -0.122. The molecule has 4 heteroatoms. The fourth-order valence-corrected chi connectivity index (χ4v) is 1.61. The average molecular weight is 222 g/mol. The Bertz CT molecular complexity index is 386. The fraction of sp³-hybridized carbons (Fsp3) is 0.667. The van der Waals surface area contributed by atoms with Gasteiger partial charge in [0.1, 0.15) is 5.76 Å². The Labute approximate surface area is 95.4 Å².